The fourth-order valence-electron chi connectivity index (χ4n) is 5.74. The molecule has 2 aromatic carbocycles. The Labute approximate surface area is 297 Å². The van der Waals surface area contributed by atoms with E-state index in [1.807, 2.05) is 0 Å². The van der Waals surface area contributed by atoms with Gasteiger partial charge in [0.05, 0.1) is 43.3 Å². The van der Waals surface area contributed by atoms with Crippen LogP contribution in [-0.2, 0) is 14.3 Å². The number of hydrogen-bond acceptors (Lipinski definition) is 12. The lowest BCUT2D eigenvalue weighted by atomic mass is 10.1. The van der Waals surface area contributed by atoms with Crippen molar-refractivity contribution in [3.8, 4) is 23.0 Å². The number of rotatable bonds is 10. The first-order valence-corrected chi connectivity index (χ1v) is 16.7. The van der Waals surface area contributed by atoms with Crippen LogP contribution < -0.4 is 24.8 Å². The minimum atomic E-state index is -1.05. The zero-order valence-electron chi connectivity index (χ0n) is 29.0. The molecule has 2 amide bonds. The Balaban J connectivity index is 1.13. The molecule has 3 aromatic heterocycles. The first kappa shape index (κ1) is 34.4. The highest BCUT2D eigenvalue weighted by Gasteiger charge is 2.32. The van der Waals surface area contributed by atoms with Gasteiger partial charge in [-0.1, -0.05) is 0 Å². The number of likely N-dealkylation sites (tertiary alicyclic amines) is 1. The molecule has 2 aliphatic heterocycles. The molecule has 0 spiro atoms. The Bertz CT molecular complexity index is 2160. The summed E-state index contributed by atoms with van der Waals surface area (Å²) in [5.74, 6) is 0.178. The van der Waals surface area contributed by atoms with Crippen molar-refractivity contribution in [3.63, 3.8) is 0 Å². The molecule has 16 heteroatoms. The van der Waals surface area contributed by atoms with Gasteiger partial charge in [0, 0.05) is 36.3 Å². The third-order valence-corrected chi connectivity index (χ3v) is 8.28. The van der Waals surface area contributed by atoms with Crippen LogP contribution in [0.15, 0.2) is 73.2 Å². The Morgan fingerprint density at radius 3 is 2.60 bits per heavy atom. The predicted octanol–water partition coefficient (Wildman–Crippen LogP) is 6.19. The highest BCUT2D eigenvalue weighted by molar-refractivity contribution is 6.05. The number of carbonyl (C=O) groups excluding carboxylic acids is 2. The highest BCUT2D eigenvalue weighted by atomic mass is 19.1. The number of halogens is 1. The van der Waals surface area contributed by atoms with E-state index in [2.05, 4.69) is 30.7 Å². The smallest absolute Gasteiger partial charge is 0.410 e. The van der Waals surface area contributed by atoms with Crippen molar-refractivity contribution in [2.75, 3.05) is 37.5 Å². The van der Waals surface area contributed by atoms with Gasteiger partial charge in [-0.2, -0.15) is 5.10 Å². The third-order valence-electron chi connectivity index (χ3n) is 8.28. The van der Waals surface area contributed by atoms with Crippen LogP contribution in [0.25, 0.3) is 16.6 Å². The SMILES string of the molecule is COc1cc2ncnc(Nc3ccc(Oc4ccn5ncnc5c4)cc3OC3COC3)c2cc1NC(=O)/C(F)=C\[C@H]1CCCN1C(=O)OC(C)(C)C. The summed E-state index contributed by atoms with van der Waals surface area (Å²) in [6.07, 6.45) is 6.19. The maximum Gasteiger partial charge on any atom is 0.410 e. The molecular weight excluding hydrogens is 675 g/mol. The van der Waals surface area contributed by atoms with Crippen molar-refractivity contribution in [3.05, 3.63) is 73.2 Å². The van der Waals surface area contributed by atoms with E-state index in [-0.39, 0.29) is 17.5 Å². The first-order chi connectivity index (χ1) is 25.0. The molecule has 52 heavy (non-hydrogen) atoms. The van der Waals surface area contributed by atoms with Gasteiger partial charge in [0.25, 0.3) is 5.91 Å². The largest absolute Gasteiger partial charge is 0.494 e. The van der Waals surface area contributed by atoms with Gasteiger partial charge in [-0.05, 0) is 64.0 Å². The number of hydrogen-bond donors (Lipinski definition) is 2. The summed E-state index contributed by atoms with van der Waals surface area (Å²) in [6.45, 7) is 6.56. The van der Waals surface area contributed by atoms with Gasteiger partial charge in [-0.25, -0.2) is 28.7 Å². The molecule has 0 saturated carbocycles. The topological polar surface area (TPSA) is 164 Å². The number of nitrogens with zero attached hydrogens (tertiary/aromatic N) is 6. The number of pyridine rings is 1. The van der Waals surface area contributed by atoms with E-state index in [9.17, 15) is 9.59 Å². The molecule has 0 unspecified atom stereocenters. The second kappa shape index (κ2) is 14.3. The van der Waals surface area contributed by atoms with E-state index in [0.29, 0.717) is 77.9 Å². The monoisotopic (exact) mass is 712 g/mol. The molecule has 0 bridgehead atoms. The van der Waals surface area contributed by atoms with Crippen molar-refractivity contribution in [2.24, 2.45) is 0 Å². The molecular formula is C36H37FN8O7. The number of ether oxygens (including phenoxy) is 5. The number of methoxy groups -OCH3 is 1. The van der Waals surface area contributed by atoms with Crippen LogP contribution in [0.3, 0.4) is 0 Å². The number of fused-ring (bicyclic) bond motifs is 2. The highest BCUT2D eigenvalue weighted by Crippen LogP contribution is 2.38. The molecule has 1 atom stereocenters. The molecule has 7 rings (SSSR count). The summed E-state index contributed by atoms with van der Waals surface area (Å²) in [5.41, 5.74) is 1.20. The van der Waals surface area contributed by atoms with Gasteiger partial charge >= 0.3 is 6.09 Å². The van der Waals surface area contributed by atoms with Crippen molar-refractivity contribution in [2.45, 2.75) is 51.4 Å². The molecule has 2 saturated heterocycles. The van der Waals surface area contributed by atoms with Crippen molar-refractivity contribution >= 4 is 45.7 Å². The normalized spacial score (nSPS) is 16.4. The predicted molar refractivity (Wildman–Crippen MR) is 188 cm³/mol. The van der Waals surface area contributed by atoms with Gasteiger partial charge in [-0.3, -0.25) is 4.79 Å². The Hall–Kier alpha value is -6.03. The number of nitrogens with one attached hydrogen (secondary N) is 2. The van der Waals surface area contributed by atoms with Crippen LogP contribution in [0.4, 0.5) is 26.4 Å². The summed E-state index contributed by atoms with van der Waals surface area (Å²) in [6, 6.07) is 11.5. The first-order valence-electron chi connectivity index (χ1n) is 16.7. The van der Waals surface area contributed by atoms with Gasteiger partial charge in [0.15, 0.2) is 11.5 Å². The average molecular weight is 713 g/mol. The molecule has 270 valence electrons. The van der Waals surface area contributed by atoms with Crippen LogP contribution in [0.1, 0.15) is 33.6 Å². The summed E-state index contributed by atoms with van der Waals surface area (Å²) >= 11 is 0. The van der Waals surface area contributed by atoms with E-state index in [4.69, 9.17) is 23.7 Å². The lowest BCUT2D eigenvalue weighted by molar-refractivity contribution is -0.114. The lowest BCUT2D eigenvalue weighted by Crippen LogP contribution is -2.39. The molecule has 5 heterocycles. The minimum absolute atomic E-state index is 0.153. The van der Waals surface area contributed by atoms with E-state index < -0.39 is 29.5 Å². The molecule has 15 nitrogen and oxygen atoms in total. The van der Waals surface area contributed by atoms with Gasteiger partial charge in [0.1, 0.15) is 53.2 Å². The lowest BCUT2D eigenvalue weighted by Gasteiger charge is -2.28. The van der Waals surface area contributed by atoms with Gasteiger partial charge in [0.2, 0.25) is 0 Å². The number of aromatic nitrogens is 5. The van der Waals surface area contributed by atoms with Crippen LogP contribution >= 0.6 is 0 Å². The van der Waals surface area contributed by atoms with Crippen LogP contribution in [-0.4, -0.2) is 86.1 Å². The quantitative estimate of drug-likeness (QED) is 0.158. The van der Waals surface area contributed by atoms with E-state index in [0.717, 1.165) is 6.08 Å². The number of carbonyl (C=O) groups is 2. The summed E-state index contributed by atoms with van der Waals surface area (Å²) in [5, 5.41) is 10.5. The standard InChI is InChI=1S/C36H37FN8O7/c1-36(2,3)52-35(47)44-10-5-6-21(44)12-26(37)34(46)43-29-15-25-28(16-30(29)48-4)38-19-40-33(25)42-27-8-7-22(13-31(27)51-24-17-49-18-24)50-23-9-11-45-32(14-23)39-20-41-45/h7-9,11-16,19-21,24H,5-6,10,17-18H2,1-4H3,(H,43,46)(H,38,40,42)/b26-12+/t21-/m1/s1. The van der Waals surface area contributed by atoms with Gasteiger partial charge in [-0.15, -0.1) is 0 Å². The van der Waals surface area contributed by atoms with Crippen LogP contribution in [0, 0.1) is 0 Å². The van der Waals surface area contributed by atoms with Crippen molar-refractivity contribution in [1.29, 1.82) is 0 Å². The van der Waals surface area contributed by atoms with E-state index in [1.165, 1.54) is 24.7 Å². The Morgan fingerprint density at radius 1 is 1.00 bits per heavy atom. The zero-order valence-corrected chi connectivity index (χ0v) is 29.0. The fraction of sp³-hybridized carbons (Fsp3) is 0.333. The molecule has 2 N–H and O–H groups in total. The summed E-state index contributed by atoms with van der Waals surface area (Å²) in [7, 11) is 1.43. The Morgan fingerprint density at radius 2 is 1.83 bits per heavy atom. The van der Waals surface area contributed by atoms with E-state index in [1.54, 1.807) is 73.9 Å². The summed E-state index contributed by atoms with van der Waals surface area (Å²) in [4.78, 5) is 40.3. The Kier molecular flexibility index (Phi) is 9.47. The van der Waals surface area contributed by atoms with Crippen molar-refractivity contribution in [1.82, 2.24) is 29.5 Å². The number of benzene rings is 2. The number of amides is 2. The number of anilines is 3. The summed E-state index contributed by atoms with van der Waals surface area (Å²) < 4.78 is 45.7. The minimum Gasteiger partial charge on any atom is -0.494 e. The van der Waals surface area contributed by atoms with Crippen molar-refractivity contribution < 1.29 is 37.7 Å². The maximum atomic E-state index is 15.4. The molecule has 2 fully saturated rings. The third kappa shape index (κ3) is 7.66. The molecule has 2 aliphatic rings. The van der Waals surface area contributed by atoms with E-state index >= 15 is 4.39 Å². The average Bonchev–Trinajstić information content (AvgIpc) is 3.76. The molecule has 0 aliphatic carbocycles. The second-order valence-corrected chi connectivity index (χ2v) is 13.2. The second-order valence-electron chi connectivity index (χ2n) is 13.2. The van der Waals surface area contributed by atoms with Crippen LogP contribution in [0.5, 0.6) is 23.0 Å². The fourth-order valence-corrected chi connectivity index (χ4v) is 5.74. The van der Waals surface area contributed by atoms with Gasteiger partial charge < -0.3 is 39.2 Å². The molecule has 5 aromatic rings. The molecule has 0 radical (unpaired) electrons. The zero-order chi connectivity index (χ0) is 36.4. The van der Waals surface area contributed by atoms with Crippen LogP contribution in [0.2, 0.25) is 0 Å². The maximum absolute atomic E-state index is 15.4.